The van der Waals surface area contributed by atoms with Gasteiger partial charge >= 0.3 is 5.63 Å². The summed E-state index contributed by atoms with van der Waals surface area (Å²) in [6.07, 6.45) is 3.07. The van der Waals surface area contributed by atoms with Crippen LogP contribution < -0.4 is 10.4 Å². The summed E-state index contributed by atoms with van der Waals surface area (Å²) >= 11 is 0. The Kier molecular flexibility index (Phi) is 3.88. The minimum atomic E-state index is -0.583. The maximum absolute atomic E-state index is 12.7. The smallest absolute Gasteiger partial charge is 0.349 e. The van der Waals surface area contributed by atoms with Gasteiger partial charge in [0.15, 0.2) is 0 Å². The summed E-state index contributed by atoms with van der Waals surface area (Å²) < 4.78 is 10.5. The molecule has 1 unspecified atom stereocenters. The average molecular weight is 301 g/mol. The highest BCUT2D eigenvalue weighted by Crippen LogP contribution is 2.22. The van der Waals surface area contributed by atoms with Crippen molar-refractivity contribution in [3.05, 3.63) is 40.2 Å². The van der Waals surface area contributed by atoms with Crippen LogP contribution in [0.4, 0.5) is 0 Å². The Morgan fingerprint density at radius 2 is 2.14 bits per heavy atom. The Hall–Kier alpha value is -2.30. The lowest BCUT2D eigenvalue weighted by molar-refractivity contribution is 0.0631. The van der Waals surface area contributed by atoms with E-state index in [0.29, 0.717) is 23.3 Å². The van der Waals surface area contributed by atoms with Gasteiger partial charge in [0.25, 0.3) is 5.91 Å². The molecule has 0 bridgehead atoms. The summed E-state index contributed by atoms with van der Waals surface area (Å²) in [4.78, 5) is 26.6. The molecule has 2 heterocycles. The number of methoxy groups -OCH3 is 1. The molecule has 2 aromatic rings. The predicted octanol–water partition coefficient (Wildman–Crippen LogP) is 2.82. The van der Waals surface area contributed by atoms with Crippen LogP contribution in [0.1, 0.15) is 36.5 Å². The quantitative estimate of drug-likeness (QED) is 0.800. The van der Waals surface area contributed by atoms with E-state index >= 15 is 0 Å². The first-order valence-corrected chi connectivity index (χ1v) is 7.53. The molecule has 0 saturated carbocycles. The van der Waals surface area contributed by atoms with Crippen LogP contribution in [0.5, 0.6) is 5.75 Å². The van der Waals surface area contributed by atoms with E-state index in [9.17, 15) is 9.59 Å². The van der Waals surface area contributed by atoms with Crippen molar-refractivity contribution in [1.29, 1.82) is 0 Å². The lowest BCUT2D eigenvalue weighted by atomic mass is 10.0. The van der Waals surface area contributed by atoms with Gasteiger partial charge in [0, 0.05) is 18.0 Å². The van der Waals surface area contributed by atoms with Crippen molar-refractivity contribution < 1.29 is 13.9 Å². The van der Waals surface area contributed by atoms with Gasteiger partial charge < -0.3 is 14.1 Å². The number of fused-ring (bicyclic) bond motifs is 1. The third-order valence-electron chi connectivity index (χ3n) is 4.23. The van der Waals surface area contributed by atoms with Crippen LogP contribution in [-0.2, 0) is 0 Å². The fourth-order valence-corrected chi connectivity index (χ4v) is 2.93. The second-order valence-electron chi connectivity index (χ2n) is 5.69. The number of hydrogen-bond donors (Lipinski definition) is 0. The number of amides is 1. The van der Waals surface area contributed by atoms with Gasteiger partial charge in [-0.25, -0.2) is 4.79 Å². The van der Waals surface area contributed by atoms with E-state index in [2.05, 4.69) is 0 Å². The molecule has 1 aliphatic rings. The van der Waals surface area contributed by atoms with Crippen LogP contribution in [0.3, 0.4) is 0 Å². The fraction of sp³-hybridized carbons (Fsp3) is 0.412. The molecule has 1 saturated heterocycles. The molecular formula is C17H19NO4. The Balaban J connectivity index is 2.03. The van der Waals surface area contributed by atoms with Crippen LogP contribution in [-0.4, -0.2) is 30.5 Å². The number of nitrogens with zero attached hydrogens (tertiary/aromatic N) is 1. The number of carbonyl (C=O) groups excluding carboxylic acids is 1. The zero-order valence-electron chi connectivity index (χ0n) is 12.8. The molecule has 0 radical (unpaired) electrons. The van der Waals surface area contributed by atoms with Gasteiger partial charge in [-0.3, -0.25) is 4.79 Å². The maximum atomic E-state index is 12.7. The molecule has 3 rings (SSSR count). The first-order valence-electron chi connectivity index (χ1n) is 7.53. The van der Waals surface area contributed by atoms with Crippen molar-refractivity contribution in [3.63, 3.8) is 0 Å². The topological polar surface area (TPSA) is 59.8 Å². The van der Waals surface area contributed by atoms with E-state index in [1.165, 1.54) is 0 Å². The fourth-order valence-electron chi connectivity index (χ4n) is 2.93. The molecular weight excluding hydrogens is 282 g/mol. The van der Waals surface area contributed by atoms with E-state index in [1.807, 2.05) is 6.92 Å². The van der Waals surface area contributed by atoms with Gasteiger partial charge in [0.1, 0.15) is 16.9 Å². The molecule has 5 nitrogen and oxygen atoms in total. The maximum Gasteiger partial charge on any atom is 0.349 e. The molecule has 0 N–H and O–H groups in total. The molecule has 1 atom stereocenters. The number of likely N-dealkylation sites (tertiary alicyclic amines) is 1. The van der Waals surface area contributed by atoms with E-state index in [4.69, 9.17) is 9.15 Å². The molecule has 0 spiro atoms. The third kappa shape index (κ3) is 2.58. The number of ether oxygens (including phenoxy) is 1. The van der Waals surface area contributed by atoms with Crippen molar-refractivity contribution in [2.75, 3.05) is 13.7 Å². The molecule has 22 heavy (non-hydrogen) atoms. The summed E-state index contributed by atoms with van der Waals surface area (Å²) in [6.45, 7) is 2.71. The summed E-state index contributed by atoms with van der Waals surface area (Å²) in [7, 11) is 1.57. The molecule has 1 aliphatic heterocycles. The van der Waals surface area contributed by atoms with E-state index in [0.717, 1.165) is 19.3 Å². The highest BCUT2D eigenvalue weighted by Gasteiger charge is 2.26. The zero-order chi connectivity index (χ0) is 15.7. The van der Waals surface area contributed by atoms with Crippen molar-refractivity contribution in [2.24, 2.45) is 0 Å². The number of piperidine rings is 1. The van der Waals surface area contributed by atoms with Crippen molar-refractivity contribution in [1.82, 2.24) is 4.90 Å². The minimum Gasteiger partial charge on any atom is -0.497 e. The van der Waals surface area contributed by atoms with E-state index in [1.54, 1.807) is 36.3 Å². The van der Waals surface area contributed by atoms with Crippen LogP contribution >= 0.6 is 0 Å². The molecule has 1 fully saturated rings. The number of benzene rings is 1. The van der Waals surface area contributed by atoms with Gasteiger partial charge in [0.05, 0.1) is 7.11 Å². The molecule has 1 aromatic carbocycles. The zero-order valence-corrected chi connectivity index (χ0v) is 12.8. The van der Waals surface area contributed by atoms with Crippen molar-refractivity contribution in [3.8, 4) is 5.75 Å². The van der Waals surface area contributed by atoms with E-state index < -0.39 is 5.63 Å². The van der Waals surface area contributed by atoms with Crippen LogP contribution in [0, 0.1) is 0 Å². The molecule has 116 valence electrons. The monoisotopic (exact) mass is 301 g/mol. The molecule has 1 aromatic heterocycles. The summed E-state index contributed by atoms with van der Waals surface area (Å²) in [6, 6.07) is 6.91. The first kappa shape index (κ1) is 14.6. The lowest BCUT2D eigenvalue weighted by Crippen LogP contribution is -2.43. The van der Waals surface area contributed by atoms with Gasteiger partial charge in [-0.05, 0) is 50.5 Å². The van der Waals surface area contributed by atoms with Gasteiger partial charge in [-0.15, -0.1) is 0 Å². The molecule has 5 heteroatoms. The Bertz CT molecular complexity index is 765. The standard InChI is InChI=1S/C17H19NO4/c1-11-5-3-4-8-18(11)16(19)14-10-12-9-13(21-2)6-7-15(12)22-17(14)20/h6-7,9-11H,3-5,8H2,1-2H3. The van der Waals surface area contributed by atoms with Gasteiger partial charge in [0.2, 0.25) is 0 Å². The third-order valence-corrected chi connectivity index (χ3v) is 4.23. The Labute approximate surface area is 128 Å². The number of hydrogen-bond acceptors (Lipinski definition) is 4. The Morgan fingerprint density at radius 1 is 1.32 bits per heavy atom. The predicted molar refractivity (Wildman–Crippen MR) is 83.4 cm³/mol. The van der Waals surface area contributed by atoms with E-state index in [-0.39, 0.29) is 17.5 Å². The number of carbonyl (C=O) groups is 1. The van der Waals surface area contributed by atoms with Crippen molar-refractivity contribution >= 4 is 16.9 Å². The highest BCUT2D eigenvalue weighted by molar-refractivity contribution is 5.97. The van der Waals surface area contributed by atoms with Crippen molar-refractivity contribution in [2.45, 2.75) is 32.2 Å². The summed E-state index contributed by atoms with van der Waals surface area (Å²) in [5, 5.41) is 0.687. The second-order valence-corrected chi connectivity index (χ2v) is 5.69. The minimum absolute atomic E-state index is 0.0921. The average Bonchev–Trinajstić information content (AvgIpc) is 2.53. The molecule has 0 aliphatic carbocycles. The summed E-state index contributed by atoms with van der Waals surface area (Å²) in [5.41, 5.74) is -0.0380. The number of rotatable bonds is 2. The normalized spacial score (nSPS) is 18.5. The SMILES string of the molecule is COc1ccc2oc(=O)c(C(=O)N3CCCCC3C)cc2c1. The highest BCUT2D eigenvalue weighted by atomic mass is 16.5. The van der Waals surface area contributed by atoms with Crippen LogP contribution in [0.15, 0.2) is 33.5 Å². The van der Waals surface area contributed by atoms with Crippen LogP contribution in [0.25, 0.3) is 11.0 Å². The second kappa shape index (κ2) is 5.83. The Morgan fingerprint density at radius 3 is 2.86 bits per heavy atom. The largest absolute Gasteiger partial charge is 0.497 e. The molecule has 1 amide bonds. The van der Waals surface area contributed by atoms with Crippen LogP contribution in [0.2, 0.25) is 0 Å². The van der Waals surface area contributed by atoms with Gasteiger partial charge in [-0.1, -0.05) is 0 Å². The lowest BCUT2D eigenvalue weighted by Gasteiger charge is -2.33. The van der Waals surface area contributed by atoms with Gasteiger partial charge in [-0.2, -0.15) is 0 Å². The first-order chi connectivity index (χ1) is 10.6. The summed E-state index contributed by atoms with van der Waals surface area (Å²) in [5.74, 6) is 0.414.